The summed E-state index contributed by atoms with van der Waals surface area (Å²) in [5, 5.41) is 2.00. The number of sulfonamides is 1. The van der Waals surface area contributed by atoms with Gasteiger partial charge in [-0.05, 0) is 43.2 Å². The number of benzene rings is 2. The van der Waals surface area contributed by atoms with E-state index in [0.717, 1.165) is 49.9 Å². The van der Waals surface area contributed by atoms with Crippen LogP contribution in [0.4, 0.5) is 14.5 Å². The minimum atomic E-state index is -3.93. The molecule has 0 atom stereocenters. The first kappa shape index (κ1) is 24.6. The first-order chi connectivity index (χ1) is 15.7. The van der Waals surface area contributed by atoms with Gasteiger partial charge in [-0.25, -0.2) is 22.0 Å². The third kappa shape index (κ3) is 5.85. The van der Waals surface area contributed by atoms with Gasteiger partial charge in [-0.15, -0.1) is 0 Å². The van der Waals surface area contributed by atoms with Gasteiger partial charge >= 0.3 is 5.97 Å². The Balaban J connectivity index is 1.74. The first-order valence-electron chi connectivity index (χ1n) is 10.3. The van der Waals surface area contributed by atoms with Crippen LogP contribution < -0.4 is 10.1 Å². The normalized spacial score (nSPS) is 14.9. The van der Waals surface area contributed by atoms with Gasteiger partial charge < -0.3 is 14.8 Å². The van der Waals surface area contributed by atoms with Gasteiger partial charge in [0.2, 0.25) is 10.0 Å². The van der Waals surface area contributed by atoms with Crippen LogP contribution in [0.25, 0.3) is 0 Å². The molecule has 0 spiro atoms. The second-order valence-corrected chi connectivity index (χ2v) is 9.31. The molecule has 1 saturated heterocycles. The van der Waals surface area contributed by atoms with Crippen LogP contribution >= 0.6 is 0 Å². The second-order valence-electron chi connectivity index (χ2n) is 7.40. The predicted octanol–water partition coefficient (Wildman–Crippen LogP) is 3.33. The zero-order valence-electron chi connectivity index (χ0n) is 18.0. The van der Waals surface area contributed by atoms with Gasteiger partial charge in [-0.3, -0.25) is 4.79 Å². The van der Waals surface area contributed by atoms with Gasteiger partial charge in [0.25, 0.3) is 5.91 Å². The van der Waals surface area contributed by atoms with E-state index in [0.29, 0.717) is 13.1 Å². The Morgan fingerprint density at radius 1 is 1.03 bits per heavy atom. The summed E-state index contributed by atoms with van der Waals surface area (Å²) >= 11 is 0. The molecule has 0 aromatic heterocycles. The van der Waals surface area contributed by atoms with Crippen molar-refractivity contribution < 1.29 is 36.3 Å². The fraction of sp³-hybridized carbons (Fsp3) is 0.364. The molecule has 0 unspecified atom stereocenters. The van der Waals surface area contributed by atoms with E-state index in [1.807, 2.05) is 5.32 Å². The molecule has 2 aromatic carbocycles. The van der Waals surface area contributed by atoms with Crippen molar-refractivity contribution in [1.82, 2.24) is 4.31 Å². The van der Waals surface area contributed by atoms with Crippen molar-refractivity contribution in [2.24, 2.45) is 0 Å². The number of ether oxygens (including phenoxy) is 2. The summed E-state index contributed by atoms with van der Waals surface area (Å²) < 4.78 is 65.1. The number of halogens is 2. The van der Waals surface area contributed by atoms with Crippen LogP contribution in [0.2, 0.25) is 0 Å². The smallest absolute Gasteiger partial charge is 0.338 e. The molecular weight excluding hydrogens is 458 g/mol. The Bertz CT molecular complexity index is 1110. The Morgan fingerprint density at radius 3 is 2.27 bits per heavy atom. The van der Waals surface area contributed by atoms with Crippen LogP contribution in [-0.4, -0.2) is 51.4 Å². The van der Waals surface area contributed by atoms with Gasteiger partial charge in [-0.1, -0.05) is 18.9 Å². The molecule has 0 radical (unpaired) electrons. The largest absolute Gasteiger partial charge is 0.495 e. The zero-order valence-corrected chi connectivity index (χ0v) is 18.8. The fourth-order valence-corrected chi connectivity index (χ4v) is 5.13. The molecule has 11 heteroatoms. The van der Waals surface area contributed by atoms with Gasteiger partial charge in [-0.2, -0.15) is 4.31 Å². The highest BCUT2D eigenvalue weighted by Gasteiger charge is 2.29. The van der Waals surface area contributed by atoms with Gasteiger partial charge in [0, 0.05) is 13.1 Å². The summed E-state index contributed by atoms with van der Waals surface area (Å²) in [5.74, 6) is -3.82. The molecule has 178 valence electrons. The summed E-state index contributed by atoms with van der Waals surface area (Å²) in [6.07, 6.45) is 3.35. The molecule has 1 amide bonds. The van der Waals surface area contributed by atoms with Crippen molar-refractivity contribution in [2.75, 3.05) is 32.1 Å². The van der Waals surface area contributed by atoms with Crippen molar-refractivity contribution >= 4 is 27.6 Å². The summed E-state index contributed by atoms with van der Waals surface area (Å²) in [6, 6.07) is 6.84. The van der Waals surface area contributed by atoms with E-state index < -0.39 is 45.8 Å². The van der Waals surface area contributed by atoms with Crippen molar-refractivity contribution in [2.45, 2.75) is 30.6 Å². The molecule has 0 aliphatic carbocycles. The molecule has 0 bridgehead atoms. The van der Waals surface area contributed by atoms with E-state index >= 15 is 0 Å². The van der Waals surface area contributed by atoms with E-state index in [9.17, 15) is 26.8 Å². The second kappa shape index (κ2) is 10.7. The Labute approximate surface area is 190 Å². The van der Waals surface area contributed by atoms with Crippen molar-refractivity contribution in [3.05, 3.63) is 53.6 Å². The maximum atomic E-state index is 13.6. The number of rotatable bonds is 7. The number of methoxy groups -OCH3 is 1. The molecule has 33 heavy (non-hydrogen) atoms. The lowest BCUT2D eigenvalue weighted by Gasteiger charge is -2.21. The fourth-order valence-electron chi connectivity index (χ4n) is 3.43. The molecule has 0 saturated carbocycles. The van der Waals surface area contributed by atoms with E-state index in [1.54, 1.807) is 0 Å². The van der Waals surface area contributed by atoms with Crippen LogP contribution in [0.3, 0.4) is 0 Å². The Hall–Kier alpha value is -3.05. The maximum absolute atomic E-state index is 13.6. The van der Waals surface area contributed by atoms with Crippen molar-refractivity contribution in [3.63, 3.8) is 0 Å². The molecule has 8 nitrogen and oxygen atoms in total. The van der Waals surface area contributed by atoms with E-state index in [1.165, 1.54) is 23.5 Å². The number of hydrogen-bond acceptors (Lipinski definition) is 6. The van der Waals surface area contributed by atoms with Crippen LogP contribution in [0, 0.1) is 11.6 Å². The molecule has 1 aliphatic heterocycles. The topological polar surface area (TPSA) is 102 Å². The lowest BCUT2D eigenvalue weighted by molar-refractivity contribution is -0.119. The highest BCUT2D eigenvalue weighted by molar-refractivity contribution is 7.89. The van der Waals surface area contributed by atoms with Crippen LogP contribution in [0.15, 0.2) is 41.3 Å². The zero-order chi connectivity index (χ0) is 24.0. The molecule has 1 aliphatic rings. The van der Waals surface area contributed by atoms with Gasteiger partial charge in [0.1, 0.15) is 28.0 Å². The third-order valence-electron chi connectivity index (χ3n) is 5.14. The monoisotopic (exact) mass is 482 g/mol. The molecule has 1 N–H and O–H groups in total. The summed E-state index contributed by atoms with van der Waals surface area (Å²) in [6.45, 7) is -0.0906. The molecular formula is C22H24F2N2O6S. The number of anilines is 1. The minimum Gasteiger partial charge on any atom is -0.495 e. The SMILES string of the molecule is COc1ccc(C(=O)OCC(=O)Nc2c(F)cccc2F)cc1S(=O)(=O)N1CCCCCC1. The first-order valence-corrected chi connectivity index (χ1v) is 11.8. The maximum Gasteiger partial charge on any atom is 0.338 e. The number of para-hydroxylation sites is 1. The Morgan fingerprint density at radius 2 is 1.67 bits per heavy atom. The van der Waals surface area contributed by atoms with E-state index in [2.05, 4.69) is 0 Å². The van der Waals surface area contributed by atoms with E-state index in [4.69, 9.17) is 9.47 Å². The average Bonchev–Trinajstić information content (AvgIpc) is 3.10. The summed E-state index contributed by atoms with van der Waals surface area (Å²) in [5.41, 5.74) is -0.775. The molecule has 3 rings (SSSR count). The summed E-state index contributed by atoms with van der Waals surface area (Å²) in [4.78, 5) is 24.2. The number of hydrogen-bond donors (Lipinski definition) is 1. The third-order valence-corrected chi connectivity index (χ3v) is 7.06. The molecule has 2 aromatic rings. The predicted molar refractivity (Wildman–Crippen MR) is 115 cm³/mol. The van der Waals surface area contributed by atoms with E-state index in [-0.39, 0.29) is 16.2 Å². The number of nitrogens with one attached hydrogen (secondary N) is 1. The van der Waals surface area contributed by atoms with Gasteiger partial charge in [0.15, 0.2) is 6.61 Å². The minimum absolute atomic E-state index is 0.0727. The number of esters is 1. The number of amides is 1. The number of carbonyl (C=O) groups excluding carboxylic acids is 2. The van der Waals surface area contributed by atoms with Crippen LogP contribution in [0.1, 0.15) is 36.0 Å². The van der Waals surface area contributed by atoms with Crippen LogP contribution in [-0.2, 0) is 19.6 Å². The standard InChI is InChI=1S/C22H24F2N2O6S/c1-31-18-10-9-15(13-19(18)33(29,30)26-11-4-2-3-5-12-26)22(28)32-14-20(27)25-21-16(23)7-6-8-17(21)24/h6-10,13H,2-5,11-12,14H2,1H3,(H,25,27). The highest BCUT2D eigenvalue weighted by Crippen LogP contribution is 2.29. The lowest BCUT2D eigenvalue weighted by atomic mass is 10.2. The van der Waals surface area contributed by atoms with Crippen LogP contribution in [0.5, 0.6) is 5.75 Å². The Kier molecular flexibility index (Phi) is 7.98. The number of nitrogens with zero attached hydrogens (tertiary/aromatic N) is 1. The lowest BCUT2D eigenvalue weighted by Crippen LogP contribution is -2.32. The molecule has 1 fully saturated rings. The van der Waals surface area contributed by atoms with Crippen molar-refractivity contribution in [1.29, 1.82) is 0 Å². The average molecular weight is 483 g/mol. The number of carbonyl (C=O) groups is 2. The summed E-state index contributed by atoms with van der Waals surface area (Å²) in [7, 11) is -2.61. The van der Waals surface area contributed by atoms with Crippen molar-refractivity contribution in [3.8, 4) is 5.75 Å². The highest BCUT2D eigenvalue weighted by atomic mass is 32.2. The quantitative estimate of drug-likeness (QED) is 0.608. The van der Waals surface area contributed by atoms with Gasteiger partial charge in [0.05, 0.1) is 12.7 Å². The molecule has 1 heterocycles.